The molecule has 5 nitrogen and oxygen atoms in total. The Morgan fingerprint density at radius 1 is 1.26 bits per heavy atom. The van der Waals surface area contributed by atoms with Gasteiger partial charge in [-0.3, -0.25) is 9.48 Å². The number of amides is 1. The molecule has 0 bridgehead atoms. The number of anilines is 2. The maximum Gasteiger partial charge on any atom is 0.276 e. The number of hydrogen-bond acceptors (Lipinski definition) is 3. The van der Waals surface area contributed by atoms with Gasteiger partial charge in [-0.05, 0) is 31.9 Å². The van der Waals surface area contributed by atoms with Crippen LogP contribution in [0, 0.1) is 20.8 Å². The van der Waals surface area contributed by atoms with Crippen molar-refractivity contribution >= 4 is 17.3 Å². The summed E-state index contributed by atoms with van der Waals surface area (Å²) in [6.45, 7) is 5.70. The summed E-state index contributed by atoms with van der Waals surface area (Å²) in [6, 6.07) is 5.88. The molecule has 19 heavy (non-hydrogen) atoms. The molecule has 0 fully saturated rings. The number of nitrogens with one attached hydrogen (secondary N) is 1. The zero-order valence-corrected chi connectivity index (χ0v) is 11.6. The van der Waals surface area contributed by atoms with E-state index in [2.05, 4.69) is 10.4 Å². The Hall–Kier alpha value is -2.30. The molecule has 5 heteroatoms. The Kier molecular flexibility index (Phi) is 3.29. The SMILES string of the molecule is Cc1cccc(C)c1NC(=O)c1c(N)c(C)nn1C. The number of nitrogens with zero attached hydrogens (tertiary/aromatic N) is 2. The molecule has 1 amide bonds. The Balaban J connectivity index is 2.36. The van der Waals surface area contributed by atoms with Crippen LogP contribution in [0.4, 0.5) is 11.4 Å². The molecule has 2 rings (SSSR count). The number of hydrogen-bond donors (Lipinski definition) is 2. The first kappa shape index (κ1) is 13.1. The third kappa shape index (κ3) is 2.31. The monoisotopic (exact) mass is 258 g/mol. The van der Waals surface area contributed by atoms with Crippen LogP contribution in [0.3, 0.4) is 0 Å². The van der Waals surface area contributed by atoms with E-state index in [4.69, 9.17) is 5.73 Å². The molecule has 1 aromatic carbocycles. The number of aryl methyl sites for hydroxylation is 4. The van der Waals surface area contributed by atoms with Crippen LogP contribution in [-0.4, -0.2) is 15.7 Å². The minimum atomic E-state index is -0.238. The minimum Gasteiger partial charge on any atom is -0.395 e. The molecule has 0 aliphatic heterocycles. The van der Waals surface area contributed by atoms with E-state index in [-0.39, 0.29) is 5.91 Å². The van der Waals surface area contributed by atoms with Gasteiger partial charge in [0.1, 0.15) is 5.69 Å². The molecule has 1 heterocycles. The van der Waals surface area contributed by atoms with Gasteiger partial charge in [-0.2, -0.15) is 5.10 Å². The van der Waals surface area contributed by atoms with Gasteiger partial charge in [-0.1, -0.05) is 18.2 Å². The summed E-state index contributed by atoms with van der Waals surface area (Å²) >= 11 is 0. The van der Waals surface area contributed by atoms with Gasteiger partial charge in [-0.25, -0.2) is 0 Å². The highest BCUT2D eigenvalue weighted by Crippen LogP contribution is 2.22. The van der Waals surface area contributed by atoms with Crippen molar-refractivity contribution in [3.8, 4) is 0 Å². The third-order valence-electron chi connectivity index (χ3n) is 3.20. The van der Waals surface area contributed by atoms with Crippen molar-refractivity contribution in [2.24, 2.45) is 7.05 Å². The van der Waals surface area contributed by atoms with E-state index in [1.165, 1.54) is 4.68 Å². The van der Waals surface area contributed by atoms with E-state index in [9.17, 15) is 4.79 Å². The highest BCUT2D eigenvalue weighted by atomic mass is 16.2. The number of nitrogen functional groups attached to an aromatic ring is 1. The van der Waals surface area contributed by atoms with Crippen LogP contribution in [0.5, 0.6) is 0 Å². The second kappa shape index (κ2) is 4.76. The van der Waals surface area contributed by atoms with Crippen molar-refractivity contribution < 1.29 is 4.79 Å². The molecule has 1 aromatic heterocycles. The van der Waals surface area contributed by atoms with Crippen molar-refractivity contribution in [1.82, 2.24) is 9.78 Å². The number of para-hydroxylation sites is 1. The molecular weight excluding hydrogens is 240 g/mol. The molecule has 0 saturated heterocycles. The molecule has 2 aromatic rings. The summed E-state index contributed by atoms with van der Waals surface area (Å²) in [4.78, 5) is 12.3. The summed E-state index contributed by atoms with van der Waals surface area (Å²) in [5, 5.41) is 7.06. The van der Waals surface area contributed by atoms with Crippen LogP contribution in [0.25, 0.3) is 0 Å². The fourth-order valence-electron chi connectivity index (χ4n) is 2.13. The standard InChI is InChI=1S/C14H18N4O/c1-8-6-5-7-9(2)12(8)16-14(19)13-11(15)10(3)17-18(13)4/h5-7H,15H2,1-4H3,(H,16,19). The molecule has 3 N–H and O–H groups in total. The average Bonchev–Trinajstić information content (AvgIpc) is 2.58. The Labute approximate surface area is 112 Å². The van der Waals surface area contributed by atoms with Gasteiger partial charge in [0.2, 0.25) is 0 Å². The lowest BCUT2D eigenvalue weighted by Gasteiger charge is -2.11. The second-order valence-corrected chi connectivity index (χ2v) is 4.69. The van der Waals surface area contributed by atoms with Crippen molar-refractivity contribution in [3.05, 3.63) is 40.7 Å². The lowest BCUT2D eigenvalue weighted by molar-refractivity contribution is 0.101. The Morgan fingerprint density at radius 3 is 2.32 bits per heavy atom. The number of nitrogens with two attached hydrogens (primary N) is 1. The molecule has 0 atom stereocenters. The van der Waals surface area contributed by atoms with Crippen LogP contribution in [0.2, 0.25) is 0 Å². The quantitative estimate of drug-likeness (QED) is 0.867. The van der Waals surface area contributed by atoms with Gasteiger partial charge in [0.25, 0.3) is 5.91 Å². The Bertz CT molecular complexity index is 623. The van der Waals surface area contributed by atoms with E-state index in [0.717, 1.165) is 16.8 Å². The van der Waals surface area contributed by atoms with Gasteiger partial charge in [0, 0.05) is 12.7 Å². The van der Waals surface area contributed by atoms with Crippen LogP contribution in [0.1, 0.15) is 27.3 Å². The van der Waals surface area contributed by atoms with Crippen molar-refractivity contribution in [2.75, 3.05) is 11.1 Å². The van der Waals surface area contributed by atoms with Gasteiger partial charge in [0.05, 0.1) is 11.4 Å². The molecule has 0 aliphatic rings. The van der Waals surface area contributed by atoms with Gasteiger partial charge in [-0.15, -0.1) is 0 Å². The maximum absolute atomic E-state index is 12.3. The molecular formula is C14H18N4O. The summed E-state index contributed by atoms with van der Waals surface area (Å²) in [6.07, 6.45) is 0. The topological polar surface area (TPSA) is 72.9 Å². The number of carbonyl (C=O) groups excluding carboxylic acids is 1. The number of benzene rings is 1. The van der Waals surface area contributed by atoms with E-state index < -0.39 is 0 Å². The second-order valence-electron chi connectivity index (χ2n) is 4.69. The lowest BCUT2D eigenvalue weighted by atomic mass is 10.1. The van der Waals surface area contributed by atoms with Crippen LogP contribution in [0.15, 0.2) is 18.2 Å². The number of rotatable bonds is 2. The fourth-order valence-corrected chi connectivity index (χ4v) is 2.13. The molecule has 100 valence electrons. The van der Waals surface area contributed by atoms with Gasteiger partial charge >= 0.3 is 0 Å². The molecule has 0 spiro atoms. The minimum absolute atomic E-state index is 0.238. The highest BCUT2D eigenvalue weighted by molar-refractivity contribution is 6.07. The first-order valence-electron chi connectivity index (χ1n) is 6.08. The lowest BCUT2D eigenvalue weighted by Crippen LogP contribution is -2.18. The molecule has 0 aliphatic carbocycles. The summed E-state index contributed by atoms with van der Waals surface area (Å²) < 4.78 is 1.51. The van der Waals surface area contributed by atoms with E-state index in [1.807, 2.05) is 32.0 Å². The number of carbonyl (C=O) groups is 1. The molecule has 0 unspecified atom stereocenters. The molecule has 0 radical (unpaired) electrons. The summed E-state index contributed by atoms with van der Waals surface area (Å²) in [5.41, 5.74) is 10.2. The zero-order chi connectivity index (χ0) is 14.2. The number of aromatic nitrogens is 2. The predicted molar refractivity (Wildman–Crippen MR) is 76.2 cm³/mol. The first-order valence-corrected chi connectivity index (χ1v) is 6.08. The van der Waals surface area contributed by atoms with Crippen LogP contribution >= 0.6 is 0 Å². The summed E-state index contributed by atoms with van der Waals surface area (Å²) in [7, 11) is 1.71. The fraction of sp³-hybridized carbons (Fsp3) is 0.286. The van der Waals surface area contributed by atoms with Crippen LogP contribution < -0.4 is 11.1 Å². The van der Waals surface area contributed by atoms with Crippen molar-refractivity contribution in [2.45, 2.75) is 20.8 Å². The van der Waals surface area contributed by atoms with Crippen molar-refractivity contribution in [1.29, 1.82) is 0 Å². The molecule has 0 saturated carbocycles. The van der Waals surface area contributed by atoms with E-state index in [0.29, 0.717) is 17.1 Å². The van der Waals surface area contributed by atoms with Crippen LogP contribution in [-0.2, 0) is 7.05 Å². The largest absolute Gasteiger partial charge is 0.395 e. The maximum atomic E-state index is 12.3. The third-order valence-corrected chi connectivity index (χ3v) is 3.20. The van der Waals surface area contributed by atoms with Gasteiger partial charge < -0.3 is 11.1 Å². The van der Waals surface area contributed by atoms with Crippen molar-refractivity contribution in [3.63, 3.8) is 0 Å². The first-order chi connectivity index (χ1) is 8.91. The Morgan fingerprint density at radius 2 is 1.84 bits per heavy atom. The smallest absolute Gasteiger partial charge is 0.276 e. The van der Waals surface area contributed by atoms with E-state index in [1.54, 1.807) is 14.0 Å². The highest BCUT2D eigenvalue weighted by Gasteiger charge is 2.19. The predicted octanol–water partition coefficient (Wildman–Crippen LogP) is 2.18. The van der Waals surface area contributed by atoms with Gasteiger partial charge in [0.15, 0.2) is 0 Å². The normalized spacial score (nSPS) is 10.5. The van der Waals surface area contributed by atoms with E-state index >= 15 is 0 Å². The zero-order valence-electron chi connectivity index (χ0n) is 11.6. The average molecular weight is 258 g/mol. The summed E-state index contributed by atoms with van der Waals surface area (Å²) in [5.74, 6) is -0.238.